The van der Waals surface area contributed by atoms with E-state index in [1.807, 2.05) is 0 Å². The Kier molecular flexibility index (Phi) is 61.3. The zero-order chi connectivity index (χ0) is 68.2. The molecule has 0 saturated carbocycles. The Bertz CT molecular complexity index is 1820. The molecule has 0 radical (unpaired) electrons. The molecule has 0 aromatic carbocycles. The zero-order valence-corrected chi connectivity index (χ0v) is 62.0. The van der Waals surface area contributed by atoms with E-state index in [0.29, 0.717) is 37.5 Å². The summed E-state index contributed by atoms with van der Waals surface area (Å²) in [7, 11) is -9.91. The van der Waals surface area contributed by atoms with Crippen molar-refractivity contribution in [2.24, 2.45) is 23.7 Å². The molecule has 0 bridgehead atoms. The summed E-state index contributed by atoms with van der Waals surface area (Å²) in [6, 6.07) is 0. The lowest BCUT2D eigenvalue weighted by atomic mass is 9.99. The van der Waals surface area contributed by atoms with Crippen molar-refractivity contribution in [1.29, 1.82) is 0 Å². The monoisotopic (exact) mass is 1350 g/mol. The molecule has 3 unspecified atom stereocenters. The molecule has 0 aromatic rings. The van der Waals surface area contributed by atoms with Crippen LogP contribution in [0.5, 0.6) is 0 Å². The van der Waals surface area contributed by atoms with Gasteiger partial charge in [-0.05, 0) is 49.4 Å². The van der Waals surface area contributed by atoms with Crippen molar-refractivity contribution >= 4 is 39.5 Å². The number of aliphatic hydroxyl groups excluding tert-OH is 1. The van der Waals surface area contributed by atoms with Crippen LogP contribution >= 0.6 is 15.6 Å². The molecule has 3 N–H and O–H groups in total. The molecule has 0 fully saturated rings. The minimum Gasteiger partial charge on any atom is -0.462 e. The number of ether oxygens (including phenoxy) is 4. The van der Waals surface area contributed by atoms with Gasteiger partial charge in [-0.2, -0.15) is 0 Å². The number of rotatable bonds is 70. The molecular formula is C73H142O17P2. The highest BCUT2D eigenvalue weighted by atomic mass is 31.2. The summed E-state index contributed by atoms with van der Waals surface area (Å²) in [6.07, 6.45) is 46.0. The Balaban J connectivity index is 5.19. The minimum atomic E-state index is -4.95. The SMILES string of the molecule is CCC(C)CCCCCCCCCCCCCCCCC(=O)O[C@H](COC(=O)CCCCCCCCC(C)C)COP(=O)(O)OC[C@H](O)COP(=O)(O)OC[C@@H](COC(=O)CCCCCCCCCCCCCCC(C)C)OC(=O)CCCCCCCCCC(C)C. The van der Waals surface area contributed by atoms with Crippen LogP contribution in [0.25, 0.3) is 0 Å². The van der Waals surface area contributed by atoms with Crippen molar-refractivity contribution in [3.05, 3.63) is 0 Å². The fourth-order valence-corrected chi connectivity index (χ4v) is 12.6. The van der Waals surface area contributed by atoms with Crippen LogP contribution in [0.2, 0.25) is 0 Å². The Labute approximate surface area is 562 Å². The third-order valence-electron chi connectivity index (χ3n) is 17.2. The van der Waals surface area contributed by atoms with E-state index in [1.165, 1.54) is 161 Å². The van der Waals surface area contributed by atoms with Crippen LogP contribution in [-0.2, 0) is 65.4 Å². The fraction of sp³-hybridized carbons (Fsp3) is 0.945. The van der Waals surface area contributed by atoms with Crippen LogP contribution in [0.4, 0.5) is 0 Å². The number of aliphatic hydroxyl groups is 1. The van der Waals surface area contributed by atoms with Crippen LogP contribution < -0.4 is 0 Å². The quantitative estimate of drug-likeness (QED) is 0.0222. The van der Waals surface area contributed by atoms with Gasteiger partial charge >= 0.3 is 39.5 Å². The van der Waals surface area contributed by atoms with Crippen molar-refractivity contribution in [3.8, 4) is 0 Å². The lowest BCUT2D eigenvalue weighted by Gasteiger charge is -2.21. The van der Waals surface area contributed by atoms with Gasteiger partial charge in [0.15, 0.2) is 12.2 Å². The number of esters is 4. The second-order valence-electron chi connectivity index (χ2n) is 28.0. The second kappa shape index (κ2) is 62.6. The van der Waals surface area contributed by atoms with E-state index in [4.69, 9.17) is 37.0 Å². The van der Waals surface area contributed by atoms with Gasteiger partial charge in [0.2, 0.25) is 0 Å². The third kappa shape index (κ3) is 65.4. The predicted octanol–water partition coefficient (Wildman–Crippen LogP) is 20.9. The van der Waals surface area contributed by atoms with Gasteiger partial charge in [0.25, 0.3) is 0 Å². The van der Waals surface area contributed by atoms with Gasteiger partial charge in [-0.3, -0.25) is 37.3 Å². The molecule has 19 heteroatoms. The highest BCUT2D eigenvalue weighted by molar-refractivity contribution is 7.47. The number of hydrogen-bond donors (Lipinski definition) is 3. The average Bonchev–Trinajstić information content (AvgIpc) is 2.63. The zero-order valence-electron chi connectivity index (χ0n) is 60.2. The van der Waals surface area contributed by atoms with E-state index in [2.05, 4.69) is 55.4 Å². The number of phosphoric acid groups is 2. The summed E-state index contributed by atoms with van der Waals surface area (Å²) in [5.41, 5.74) is 0. The van der Waals surface area contributed by atoms with E-state index < -0.39 is 97.5 Å². The second-order valence-corrected chi connectivity index (χ2v) is 30.9. The lowest BCUT2D eigenvalue weighted by molar-refractivity contribution is -0.161. The molecule has 0 rings (SSSR count). The smallest absolute Gasteiger partial charge is 0.462 e. The van der Waals surface area contributed by atoms with Crippen LogP contribution in [0.15, 0.2) is 0 Å². The first-order valence-electron chi connectivity index (χ1n) is 37.7. The van der Waals surface area contributed by atoms with Crippen LogP contribution in [0.3, 0.4) is 0 Å². The Morgan fingerprint density at radius 2 is 0.522 bits per heavy atom. The van der Waals surface area contributed by atoms with Gasteiger partial charge < -0.3 is 33.8 Å². The van der Waals surface area contributed by atoms with Crippen molar-refractivity contribution in [1.82, 2.24) is 0 Å². The molecule has 17 nitrogen and oxygen atoms in total. The molecule has 0 aliphatic heterocycles. The summed E-state index contributed by atoms with van der Waals surface area (Å²) in [6.45, 7) is 14.1. The minimum absolute atomic E-state index is 0.103. The molecule has 0 aromatic heterocycles. The van der Waals surface area contributed by atoms with Gasteiger partial charge in [-0.25, -0.2) is 9.13 Å². The van der Waals surface area contributed by atoms with Gasteiger partial charge in [-0.1, -0.05) is 312 Å². The molecule has 0 spiro atoms. The van der Waals surface area contributed by atoms with E-state index >= 15 is 0 Å². The summed E-state index contributed by atoms with van der Waals surface area (Å²) >= 11 is 0. The highest BCUT2D eigenvalue weighted by Crippen LogP contribution is 2.45. The van der Waals surface area contributed by atoms with Gasteiger partial charge in [0.1, 0.15) is 19.3 Å². The normalized spacial score (nSPS) is 14.5. The van der Waals surface area contributed by atoms with E-state index in [-0.39, 0.29) is 25.7 Å². The summed E-state index contributed by atoms with van der Waals surface area (Å²) in [5, 5.41) is 10.6. The number of unbranched alkanes of at least 4 members (excludes halogenated alkanes) is 35. The van der Waals surface area contributed by atoms with Crippen molar-refractivity contribution in [2.45, 2.75) is 382 Å². The molecular weight excluding hydrogens is 1210 g/mol. The van der Waals surface area contributed by atoms with Crippen LogP contribution in [0, 0.1) is 23.7 Å². The first-order valence-corrected chi connectivity index (χ1v) is 40.7. The first kappa shape index (κ1) is 90.1. The molecule has 0 heterocycles. The van der Waals surface area contributed by atoms with Crippen molar-refractivity contribution < 1.29 is 80.2 Å². The lowest BCUT2D eigenvalue weighted by Crippen LogP contribution is -2.30. The maximum Gasteiger partial charge on any atom is 0.472 e. The van der Waals surface area contributed by atoms with Crippen molar-refractivity contribution in [2.75, 3.05) is 39.6 Å². The Morgan fingerprint density at radius 1 is 0.304 bits per heavy atom. The summed E-state index contributed by atoms with van der Waals surface area (Å²) in [5.74, 6) is 0.874. The molecule has 92 heavy (non-hydrogen) atoms. The summed E-state index contributed by atoms with van der Waals surface area (Å²) < 4.78 is 68.3. The maximum absolute atomic E-state index is 13.0. The van der Waals surface area contributed by atoms with E-state index in [1.54, 1.807) is 0 Å². The third-order valence-corrected chi connectivity index (χ3v) is 19.1. The largest absolute Gasteiger partial charge is 0.472 e. The maximum atomic E-state index is 13.0. The van der Waals surface area contributed by atoms with Gasteiger partial charge in [0, 0.05) is 25.7 Å². The molecule has 0 amide bonds. The van der Waals surface area contributed by atoms with Gasteiger partial charge in [-0.15, -0.1) is 0 Å². The number of carbonyl (C=O) groups is 4. The predicted molar refractivity (Wildman–Crippen MR) is 372 cm³/mol. The van der Waals surface area contributed by atoms with Crippen LogP contribution in [-0.4, -0.2) is 96.7 Å². The number of phosphoric ester groups is 2. The molecule has 0 aliphatic carbocycles. The Hall–Kier alpha value is -1.94. The standard InChI is InChI=1S/C73H142O17P2/c1-9-66(8)52-44-36-27-21-17-12-10-11-13-19-23-29-39-47-55-72(77)89-69(60-84-71(76)54-46-38-32-31-35-43-51-65(6)7)62-88-92(81,82)86-58-67(74)57-85-91(79,80)87-61-68(90-73(78)56-48-40-30-24-26-34-42-50-64(4)5)59-83-70(75)53-45-37-28-22-18-15-14-16-20-25-33-41-49-63(2)3/h63-69,74H,9-62H2,1-8H3,(H,79,80)(H,81,82)/t66?,67-,68-,69-/m1/s1. The number of carbonyl (C=O) groups excluding carboxylic acids is 4. The van der Waals surface area contributed by atoms with Crippen molar-refractivity contribution in [3.63, 3.8) is 0 Å². The topological polar surface area (TPSA) is 237 Å². The van der Waals surface area contributed by atoms with Gasteiger partial charge in [0.05, 0.1) is 26.4 Å². The molecule has 6 atom stereocenters. The van der Waals surface area contributed by atoms with E-state index in [9.17, 15) is 43.2 Å². The average molecular weight is 1350 g/mol. The first-order chi connectivity index (χ1) is 44.1. The molecule has 0 saturated heterocycles. The Morgan fingerprint density at radius 3 is 0.772 bits per heavy atom. The molecule has 546 valence electrons. The fourth-order valence-electron chi connectivity index (χ4n) is 11.0. The number of hydrogen-bond acceptors (Lipinski definition) is 15. The highest BCUT2D eigenvalue weighted by Gasteiger charge is 2.30. The summed E-state index contributed by atoms with van der Waals surface area (Å²) in [4.78, 5) is 72.6. The molecule has 0 aliphatic rings. The van der Waals surface area contributed by atoms with Crippen LogP contribution in [0.1, 0.15) is 364 Å². The van der Waals surface area contributed by atoms with E-state index in [0.717, 1.165) is 108 Å².